The fraction of sp³-hybridized carbons (Fsp3) is 0.500. The topological polar surface area (TPSA) is 51.2 Å². The summed E-state index contributed by atoms with van der Waals surface area (Å²) in [5.41, 5.74) is 0.722. The van der Waals surface area contributed by atoms with Gasteiger partial charge in [-0.05, 0) is 40.9 Å². The highest BCUT2D eigenvalue weighted by atomic mass is 79.9. The number of nitrogens with one attached hydrogen (secondary N) is 1. The van der Waals surface area contributed by atoms with Gasteiger partial charge in [-0.25, -0.2) is 4.98 Å². The van der Waals surface area contributed by atoms with Crippen molar-refractivity contribution in [3.63, 3.8) is 0 Å². The van der Waals surface area contributed by atoms with Crippen molar-refractivity contribution < 1.29 is 9.53 Å². The van der Waals surface area contributed by atoms with Crippen LogP contribution in [0.1, 0.15) is 19.8 Å². The molecule has 1 fully saturated rings. The van der Waals surface area contributed by atoms with Crippen LogP contribution in [0.15, 0.2) is 22.9 Å². The van der Waals surface area contributed by atoms with Crippen LogP contribution < -0.4 is 5.32 Å². The molecule has 2 unspecified atom stereocenters. The third-order valence-electron chi connectivity index (χ3n) is 2.94. The number of carbonyl (C=O) groups excluding carboxylic acids is 1. The van der Waals surface area contributed by atoms with E-state index in [9.17, 15) is 4.79 Å². The molecule has 1 aliphatic rings. The zero-order chi connectivity index (χ0) is 12.3. The molecule has 0 aliphatic carbocycles. The number of hydrogen-bond acceptors (Lipinski definition) is 3. The standard InChI is InChI=1S/C12H15BrN2O2/c1-2-10-9(5-6-17-10)12(16)15-8-3-4-11(13)14-7-8/h3-4,7,9-10H,2,5-6H2,1H3,(H,15,16). The van der Waals surface area contributed by atoms with Gasteiger partial charge in [0.2, 0.25) is 5.91 Å². The summed E-state index contributed by atoms with van der Waals surface area (Å²) in [6, 6.07) is 3.63. The van der Waals surface area contributed by atoms with Crippen LogP contribution in [0.3, 0.4) is 0 Å². The molecule has 5 heteroatoms. The molecule has 0 aromatic carbocycles. The molecule has 1 aliphatic heterocycles. The third kappa shape index (κ3) is 3.04. The van der Waals surface area contributed by atoms with Gasteiger partial charge >= 0.3 is 0 Å². The lowest BCUT2D eigenvalue weighted by Crippen LogP contribution is -2.29. The van der Waals surface area contributed by atoms with Crippen LogP contribution in [0, 0.1) is 5.92 Å². The molecule has 17 heavy (non-hydrogen) atoms. The van der Waals surface area contributed by atoms with E-state index in [2.05, 4.69) is 26.2 Å². The second-order valence-electron chi connectivity index (χ2n) is 4.07. The van der Waals surface area contributed by atoms with E-state index in [1.807, 2.05) is 13.0 Å². The number of carbonyl (C=O) groups is 1. The molecule has 1 aromatic rings. The first-order valence-corrected chi connectivity index (χ1v) is 6.54. The molecule has 2 atom stereocenters. The Labute approximate surface area is 109 Å². The Bertz CT molecular complexity index is 394. The van der Waals surface area contributed by atoms with Gasteiger partial charge in [0.1, 0.15) is 4.60 Å². The fourth-order valence-electron chi connectivity index (χ4n) is 2.04. The highest BCUT2D eigenvalue weighted by molar-refractivity contribution is 9.10. The van der Waals surface area contributed by atoms with Gasteiger partial charge in [0.05, 0.1) is 23.9 Å². The predicted molar refractivity (Wildman–Crippen MR) is 68.7 cm³/mol. The van der Waals surface area contributed by atoms with E-state index in [1.54, 1.807) is 12.3 Å². The highest BCUT2D eigenvalue weighted by Gasteiger charge is 2.32. The smallest absolute Gasteiger partial charge is 0.230 e. The Morgan fingerprint density at radius 1 is 1.65 bits per heavy atom. The first-order valence-electron chi connectivity index (χ1n) is 5.74. The second-order valence-corrected chi connectivity index (χ2v) is 4.88. The monoisotopic (exact) mass is 298 g/mol. The third-order valence-corrected chi connectivity index (χ3v) is 3.41. The van der Waals surface area contributed by atoms with Crippen LogP contribution in [-0.4, -0.2) is 23.6 Å². The first kappa shape index (κ1) is 12.5. The lowest BCUT2D eigenvalue weighted by atomic mass is 9.99. The summed E-state index contributed by atoms with van der Waals surface area (Å²) in [7, 11) is 0. The largest absolute Gasteiger partial charge is 0.377 e. The van der Waals surface area contributed by atoms with Crippen LogP contribution in [0.2, 0.25) is 0 Å². The minimum atomic E-state index is -0.0383. The van der Waals surface area contributed by atoms with Gasteiger partial charge in [-0.2, -0.15) is 0 Å². The Balaban J connectivity index is 1.99. The van der Waals surface area contributed by atoms with Crippen molar-refractivity contribution in [2.75, 3.05) is 11.9 Å². The normalized spacial score (nSPS) is 23.6. The van der Waals surface area contributed by atoms with E-state index >= 15 is 0 Å². The zero-order valence-corrected chi connectivity index (χ0v) is 11.2. The molecular formula is C12H15BrN2O2. The summed E-state index contributed by atoms with van der Waals surface area (Å²) < 4.78 is 6.26. The molecule has 1 amide bonds. The van der Waals surface area contributed by atoms with Crippen LogP contribution >= 0.6 is 15.9 Å². The maximum atomic E-state index is 12.0. The van der Waals surface area contributed by atoms with Crippen molar-refractivity contribution >= 4 is 27.5 Å². The minimum absolute atomic E-state index is 0.0264. The molecule has 1 aromatic heterocycles. The molecule has 4 nitrogen and oxygen atoms in total. The van der Waals surface area contributed by atoms with Crippen LogP contribution in [-0.2, 0) is 9.53 Å². The SMILES string of the molecule is CCC1OCCC1C(=O)Nc1ccc(Br)nc1. The Hall–Kier alpha value is -0.940. The van der Waals surface area contributed by atoms with E-state index in [0.29, 0.717) is 6.61 Å². The minimum Gasteiger partial charge on any atom is -0.377 e. The molecule has 2 rings (SSSR count). The maximum absolute atomic E-state index is 12.0. The molecule has 0 radical (unpaired) electrons. The molecule has 1 N–H and O–H groups in total. The Morgan fingerprint density at radius 2 is 2.47 bits per heavy atom. The molecule has 92 valence electrons. The molecular weight excluding hydrogens is 284 g/mol. The van der Waals surface area contributed by atoms with Crippen molar-refractivity contribution in [3.8, 4) is 0 Å². The van der Waals surface area contributed by atoms with Crippen molar-refractivity contribution in [2.45, 2.75) is 25.9 Å². The Morgan fingerprint density at radius 3 is 3.12 bits per heavy atom. The van der Waals surface area contributed by atoms with Gasteiger partial charge in [-0.15, -0.1) is 0 Å². The number of amides is 1. The predicted octanol–water partition coefficient (Wildman–Crippen LogP) is 2.60. The number of hydrogen-bond donors (Lipinski definition) is 1. The average molecular weight is 299 g/mol. The van der Waals surface area contributed by atoms with Crippen LogP contribution in [0.4, 0.5) is 5.69 Å². The molecule has 0 spiro atoms. The summed E-state index contributed by atoms with van der Waals surface area (Å²) in [4.78, 5) is 16.1. The van der Waals surface area contributed by atoms with Gasteiger partial charge in [-0.1, -0.05) is 6.92 Å². The van der Waals surface area contributed by atoms with Gasteiger partial charge in [0.25, 0.3) is 0 Å². The number of ether oxygens (including phenoxy) is 1. The van der Waals surface area contributed by atoms with Gasteiger partial charge < -0.3 is 10.1 Å². The lowest BCUT2D eigenvalue weighted by Gasteiger charge is -2.16. The summed E-state index contributed by atoms with van der Waals surface area (Å²) >= 11 is 3.25. The fourth-order valence-corrected chi connectivity index (χ4v) is 2.27. The summed E-state index contributed by atoms with van der Waals surface area (Å²) in [6.07, 6.45) is 3.36. The molecule has 0 saturated carbocycles. The van der Waals surface area contributed by atoms with Gasteiger partial charge in [0, 0.05) is 6.61 Å². The summed E-state index contributed by atoms with van der Waals surface area (Å²) in [6.45, 7) is 2.71. The number of rotatable bonds is 3. The van der Waals surface area contributed by atoms with E-state index in [-0.39, 0.29) is 17.9 Å². The molecule has 1 saturated heterocycles. The zero-order valence-electron chi connectivity index (χ0n) is 9.65. The van der Waals surface area contributed by atoms with Crippen molar-refractivity contribution in [3.05, 3.63) is 22.9 Å². The number of pyridine rings is 1. The quantitative estimate of drug-likeness (QED) is 0.873. The lowest BCUT2D eigenvalue weighted by molar-refractivity contribution is -0.121. The maximum Gasteiger partial charge on any atom is 0.230 e. The molecule has 0 bridgehead atoms. The van der Waals surface area contributed by atoms with E-state index in [4.69, 9.17) is 4.74 Å². The van der Waals surface area contributed by atoms with E-state index < -0.39 is 0 Å². The van der Waals surface area contributed by atoms with Crippen molar-refractivity contribution in [1.29, 1.82) is 0 Å². The summed E-state index contributed by atoms with van der Waals surface area (Å²) in [5, 5.41) is 2.87. The number of nitrogens with zero attached hydrogens (tertiary/aromatic N) is 1. The van der Waals surface area contributed by atoms with Gasteiger partial charge in [-0.3, -0.25) is 4.79 Å². The average Bonchev–Trinajstić information content (AvgIpc) is 2.80. The Kier molecular flexibility index (Phi) is 4.12. The number of anilines is 1. The van der Waals surface area contributed by atoms with E-state index in [1.165, 1.54) is 0 Å². The molecule has 2 heterocycles. The first-order chi connectivity index (χ1) is 8.20. The number of halogens is 1. The highest BCUT2D eigenvalue weighted by Crippen LogP contribution is 2.24. The van der Waals surface area contributed by atoms with Crippen molar-refractivity contribution in [1.82, 2.24) is 4.98 Å². The number of aromatic nitrogens is 1. The van der Waals surface area contributed by atoms with E-state index in [0.717, 1.165) is 23.1 Å². The van der Waals surface area contributed by atoms with Crippen LogP contribution in [0.25, 0.3) is 0 Å². The van der Waals surface area contributed by atoms with Crippen molar-refractivity contribution in [2.24, 2.45) is 5.92 Å². The van der Waals surface area contributed by atoms with Crippen LogP contribution in [0.5, 0.6) is 0 Å². The van der Waals surface area contributed by atoms with Gasteiger partial charge in [0.15, 0.2) is 0 Å². The second kappa shape index (κ2) is 5.60. The summed E-state index contributed by atoms with van der Waals surface area (Å²) in [5.74, 6) is -0.0119.